The Morgan fingerprint density at radius 2 is 1.67 bits per heavy atom. The summed E-state index contributed by atoms with van der Waals surface area (Å²) >= 11 is 1.55. The van der Waals surface area contributed by atoms with E-state index in [4.69, 9.17) is 11.3 Å². The normalized spacial score (nSPS) is 41.5. The average Bonchev–Trinajstić information content (AvgIpc) is 2.51. The van der Waals surface area contributed by atoms with Crippen LogP contribution in [0, 0.1) is 30.1 Å². The van der Waals surface area contributed by atoms with Crippen molar-refractivity contribution in [3.05, 3.63) is 15.4 Å². The number of nitrogen functional groups attached to an aromatic ring is 1. The Bertz CT molecular complexity index is 519. The Balaban J connectivity index is 1.86. The summed E-state index contributed by atoms with van der Waals surface area (Å²) in [7, 11) is 0. The first kappa shape index (κ1) is 11.1. The van der Waals surface area contributed by atoms with Crippen LogP contribution in [-0.4, -0.2) is 4.68 Å². The largest absolute Gasteiger partial charge is 0.337 e. The van der Waals surface area contributed by atoms with Crippen molar-refractivity contribution in [3.63, 3.8) is 0 Å². The number of hydrogen-bond donors (Lipinski definition) is 2. The van der Waals surface area contributed by atoms with Crippen LogP contribution in [0.1, 0.15) is 49.1 Å². The van der Waals surface area contributed by atoms with Crippen molar-refractivity contribution in [2.24, 2.45) is 17.8 Å². The van der Waals surface area contributed by atoms with E-state index in [1.807, 2.05) is 0 Å². The number of hydrogen-bond acceptors (Lipinski definition) is 3. The topological polar surface area (TPSA) is 54.8 Å². The lowest BCUT2D eigenvalue weighted by molar-refractivity contribution is -0.00854. The fourth-order valence-corrected chi connectivity index (χ4v) is 6.43. The molecule has 4 fully saturated rings. The van der Waals surface area contributed by atoms with Gasteiger partial charge < -0.3 is 5.84 Å². The van der Waals surface area contributed by atoms with Gasteiger partial charge in [0.1, 0.15) is 0 Å². The van der Waals surface area contributed by atoms with Crippen molar-refractivity contribution in [2.45, 2.75) is 50.9 Å². The van der Waals surface area contributed by atoms with Gasteiger partial charge in [0, 0.05) is 10.3 Å². The van der Waals surface area contributed by atoms with Crippen LogP contribution in [0.5, 0.6) is 0 Å². The van der Waals surface area contributed by atoms with Crippen LogP contribution < -0.4 is 10.6 Å². The molecule has 0 aliphatic heterocycles. The summed E-state index contributed by atoms with van der Waals surface area (Å²) in [6, 6.07) is 0. The lowest BCUT2D eigenvalue weighted by atomic mass is 9.48. The molecule has 3 nitrogen and oxygen atoms in total. The van der Waals surface area contributed by atoms with Gasteiger partial charge >= 0.3 is 0 Å². The second kappa shape index (κ2) is 3.41. The number of aromatic nitrogens is 1. The Morgan fingerprint density at radius 1 is 1.17 bits per heavy atom. The quantitative estimate of drug-likeness (QED) is 0.752. The van der Waals surface area contributed by atoms with E-state index in [1.165, 1.54) is 49.1 Å². The zero-order chi connectivity index (χ0) is 12.5. The highest BCUT2D eigenvalue weighted by molar-refractivity contribution is 7.09. The van der Waals surface area contributed by atoms with E-state index in [1.54, 1.807) is 16.0 Å². The third-order valence-electron chi connectivity index (χ3n) is 5.58. The summed E-state index contributed by atoms with van der Waals surface area (Å²) in [5.74, 6) is 8.97. The molecule has 0 spiro atoms. The molecular weight excluding hydrogens is 242 g/mol. The van der Waals surface area contributed by atoms with Gasteiger partial charge in [0.15, 0.2) is 0 Å². The zero-order valence-corrected chi connectivity index (χ0v) is 11.7. The lowest BCUT2D eigenvalue weighted by Gasteiger charge is -2.56. The van der Waals surface area contributed by atoms with Gasteiger partial charge in [0.05, 0.1) is 5.69 Å². The van der Waals surface area contributed by atoms with Crippen LogP contribution in [0.3, 0.4) is 0 Å². The molecule has 4 heteroatoms. The standard InChI is InChI=1S/C14H21N3S/c1-8-12(17(16)13(15)18-8)14-5-9-2-10(6-14)4-11(3-9)7-14/h9-11,15H,2-7,16H2,1H3. The fraction of sp³-hybridized carbons (Fsp3) is 0.786. The van der Waals surface area contributed by atoms with Crippen LogP contribution in [0.25, 0.3) is 0 Å². The molecule has 0 radical (unpaired) electrons. The maximum Gasteiger partial charge on any atom is 0.201 e. The summed E-state index contributed by atoms with van der Waals surface area (Å²) in [6.07, 6.45) is 8.36. The van der Waals surface area contributed by atoms with Gasteiger partial charge in [0.25, 0.3) is 0 Å². The molecule has 4 aliphatic carbocycles. The molecule has 0 unspecified atom stereocenters. The number of nitrogens with one attached hydrogen (secondary N) is 1. The zero-order valence-electron chi connectivity index (χ0n) is 10.9. The van der Waals surface area contributed by atoms with Gasteiger partial charge in [-0.15, -0.1) is 11.3 Å². The molecule has 4 bridgehead atoms. The molecule has 3 N–H and O–H groups in total. The Morgan fingerprint density at radius 3 is 2.06 bits per heavy atom. The number of thiazole rings is 1. The van der Waals surface area contributed by atoms with Crippen LogP contribution in [0.4, 0.5) is 0 Å². The molecule has 1 aromatic heterocycles. The van der Waals surface area contributed by atoms with Gasteiger partial charge in [-0.1, -0.05) is 0 Å². The highest BCUT2D eigenvalue weighted by atomic mass is 32.1. The first-order valence-corrected chi connectivity index (χ1v) is 7.92. The van der Waals surface area contributed by atoms with Crippen LogP contribution in [0.2, 0.25) is 0 Å². The van der Waals surface area contributed by atoms with Crippen molar-refractivity contribution in [3.8, 4) is 0 Å². The van der Waals surface area contributed by atoms with Crippen molar-refractivity contribution < 1.29 is 0 Å². The molecule has 0 saturated heterocycles. The summed E-state index contributed by atoms with van der Waals surface area (Å²) < 4.78 is 1.69. The number of nitrogens with zero attached hydrogens (tertiary/aromatic N) is 1. The monoisotopic (exact) mass is 263 g/mol. The van der Waals surface area contributed by atoms with E-state index in [-0.39, 0.29) is 0 Å². The molecule has 4 aliphatic rings. The molecular formula is C14H21N3S. The predicted molar refractivity (Wildman–Crippen MR) is 72.9 cm³/mol. The highest BCUT2D eigenvalue weighted by Gasteiger charge is 2.53. The Hall–Kier alpha value is -0.770. The molecule has 0 atom stereocenters. The second-order valence-electron chi connectivity index (χ2n) is 6.88. The number of rotatable bonds is 1. The minimum atomic E-state index is 0.323. The number of aryl methyl sites for hydroxylation is 1. The molecule has 4 saturated carbocycles. The van der Waals surface area contributed by atoms with E-state index in [0.717, 1.165) is 17.8 Å². The van der Waals surface area contributed by atoms with Gasteiger partial charge in [-0.05, 0) is 63.2 Å². The van der Waals surface area contributed by atoms with Crippen molar-refractivity contribution in [1.82, 2.24) is 4.68 Å². The van der Waals surface area contributed by atoms with E-state index in [2.05, 4.69) is 6.92 Å². The van der Waals surface area contributed by atoms with E-state index in [9.17, 15) is 0 Å². The van der Waals surface area contributed by atoms with Crippen LogP contribution in [0.15, 0.2) is 0 Å². The molecule has 0 amide bonds. The van der Waals surface area contributed by atoms with E-state index >= 15 is 0 Å². The molecule has 5 rings (SSSR count). The Kier molecular flexibility index (Phi) is 2.10. The fourth-order valence-electron chi connectivity index (χ4n) is 5.54. The Labute approximate surface area is 111 Å². The highest BCUT2D eigenvalue weighted by Crippen LogP contribution is 2.61. The maximum absolute atomic E-state index is 7.95. The average molecular weight is 263 g/mol. The second-order valence-corrected chi connectivity index (χ2v) is 8.08. The van der Waals surface area contributed by atoms with E-state index in [0.29, 0.717) is 10.2 Å². The first-order chi connectivity index (χ1) is 8.57. The molecule has 1 heterocycles. The molecule has 18 heavy (non-hydrogen) atoms. The van der Waals surface area contributed by atoms with Crippen molar-refractivity contribution >= 4 is 11.3 Å². The third-order valence-corrected chi connectivity index (χ3v) is 6.47. The SMILES string of the molecule is Cc1sc(=N)n(N)c1C12CC3CC(CC(C3)C1)C2. The summed E-state index contributed by atoms with van der Waals surface area (Å²) in [6.45, 7) is 2.15. The third kappa shape index (κ3) is 1.33. The van der Waals surface area contributed by atoms with Crippen LogP contribution >= 0.6 is 11.3 Å². The van der Waals surface area contributed by atoms with Gasteiger partial charge in [0.2, 0.25) is 4.80 Å². The summed E-state index contributed by atoms with van der Waals surface area (Å²) in [5, 5.41) is 7.95. The predicted octanol–water partition coefficient (Wildman–Crippen LogP) is 2.52. The smallest absolute Gasteiger partial charge is 0.201 e. The number of nitrogens with two attached hydrogens (primary N) is 1. The molecule has 98 valence electrons. The van der Waals surface area contributed by atoms with Crippen molar-refractivity contribution in [2.75, 3.05) is 5.84 Å². The minimum absolute atomic E-state index is 0.323. The molecule has 1 aromatic rings. The maximum atomic E-state index is 7.95. The molecule has 0 aromatic carbocycles. The van der Waals surface area contributed by atoms with E-state index < -0.39 is 0 Å². The summed E-state index contributed by atoms with van der Waals surface area (Å²) in [4.78, 5) is 1.79. The lowest BCUT2D eigenvalue weighted by Crippen LogP contribution is -2.50. The van der Waals surface area contributed by atoms with Gasteiger partial charge in [-0.25, -0.2) is 4.68 Å². The van der Waals surface area contributed by atoms with Gasteiger partial charge in [-0.2, -0.15) is 0 Å². The van der Waals surface area contributed by atoms with Gasteiger partial charge in [-0.3, -0.25) is 5.41 Å². The minimum Gasteiger partial charge on any atom is -0.337 e. The first-order valence-electron chi connectivity index (χ1n) is 7.10. The van der Waals surface area contributed by atoms with Crippen LogP contribution in [-0.2, 0) is 5.41 Å². The van der Waals surface area contributed by atoms with Crippen molar-refractivity contribution in [1.29, 1.82) is 5.41 Å². The summed E-state index contributed by atoms with van der Waals surface area (Å²) in [5.41, 5.74) is 1.63.